The summed E-state index contributed by atoms with van der Waals surface area (Å²) in [5.74, 6) is -0.791. The Morgan fingerprint density at radius 1 is 1.27 bits per heavy atom. The molecule has 5 atom stereocenters. The topological polar surface area (TPSA) is 83.8 Å². The lowest BCUT2D eigenvalue weighted by molar-refractivity contribution is -0.199. The van der Waals surface area contributed by atoms with Crippen LogP contribution >= 0.6 is 0 Å². The average molecular weight is 419 g/mol. The van der Waals surface area contributed by atoms with E-state index in [2.05, 4.69) is 33.8 Å². The molecule has 0 bridgehead atoms. The van der Waals surface area contributed by atoms with Gasteiger partial charge in [0.2, 0.25) is 0 Å². The van der Waals surface area contributed by atoms with Gasteiger partial charge in [0.05, 0.1) is 6.10 Å². The van der Waals surface area contributed by atoms with E-state index in [-0.39, 0.29) is 23.2 Å². The van der Waals surface area contributed by atoms with Crippen molar-refractivity contribution in [3.05, 3.63) is 34.9 Å². The van der Waals surface area contributed by atoms with Crippen LogP contribution in [0.2, 0.25) is 0 Å². The molecule has 2 aliphatic rings. The molecule has 0 aromatic heterocycles. The Balaban J connectivity index is 2.32. The van der Waals surface area contributed by atoms with E-state index in [0.717, 1.165) is 18.4 Å². The van der Waals surface area contributed by atoms with E-state index >= 15 is 0 Å². The molecule has 0 aromatic carbocycles. The van der Waals surface area contributed by atoms with Crippen molar-refractivity contribution in [3.63, 3.8) is 0 Å². The van der Waals surface area contributed by atoms with Crippen LogP contribution < -0.4 is 0 Å². The van der Waals surface area contributed by atoms with Crippen molar-refractivity contribution in [2.45, 2.75) is 86.4 Å². The predicted octanol–water partition coefficient (Wildman–Crippen LogP) is 5.06. The minimum absolute atomic E-state index is 0.149. The summed E-state index contributed by atoms with van der Waals surface area (Å²) in [4.78, 5) is 23.4. The Morgan fingerprint density at radius 2 is 1.90 bits per heavy atom. The number of fused-ring (bicyclic) bond motifs is 1. The third-order valence-electron chi connectivity index (χ3n) is 7.63. The molecule has 0 amide bonds. The van der Waals surface area contributed by atoms with E-state index in [4.69, 9.17) is 9.84 Å². The first-order valence-corrected chi connectivity index (χ1v) is 10.9. The number of ether oxygens (including phenoxy) is 1. The lowest BCUT2D eigenvalue weighted by Gasteiger charge is -2.60. The van der Waals surface area contributed by atoms with Gasteiger partial charge in [-0.25, -0.2) is 9.59 Å². The molecule has 0 saturated heterocycles. The van der Waals surface area contributed by atoms with Crippen LogP contribution in [-0.4, -0.2) is 34.4 Å². The first kappa shape index (κ1) is 24.4. The number of carboxylic acid groups (broad SMARTS) is 1. The standard InChI is InChI=1S/C25H38O5/c1-8-16(3)23(29)30-22-19(26)14-25(7)18(11-9-15(2)13-21(27)28)17(4)10-12-20(25)24(22,5)6/h8,10,13,18-20,22,26H,9,11-12,14H2,1-7H3,(H,27,28)/b15-13-,16-8-/t18?,19-,20?,22-,25-/m1/s1. The summed E-state index contributed by atoms with van der Waals surface area (Å²) in [7, 11) is 0. The molecule has 0 aliphatic heterocycles. The van der Waals surface area contributed by atoms with E-state index < -0.39 is 23.6 Å². The molecule has 0 aromatic rings. The monoisotopic (exact) mass is 418 g/mol. The van der Waals surface area contributed by atoms with Crippen LogP contribution in [0, 0.1) is 22.7 Å². The molecule has 2 rings (SSSR count). The number of aliphatic hydroxyl groups is 1. The molecule has 168 valence electrons. The van der Waals surface area contributed by atoms with Crippen LogP contribution in [0.4, 0.5) is 0 Å². The molecular formula is C25H38O5. The summed E-state index contributed by atoms with van der Waals surface area (Å²) >= 11 is 0. The van der Waals surface area contributed by atoms with Crippen LogP contribution in [0.5, 0.6) is 0 Å². The lowest BCUT2D eigenvalue weighted by atomic mass is 9.46. The van der Waals surface area contributed by atoms with Crippen molar-refractivity contribution in [3.8, 4) is 0 Å². The Kier molecular flexibility index (Phi) is 7.39. The van der Waals surface area contributed by atoms with Gasteiger partial charge in [0.15, 0.2) is 0 Å². The van der Waals surface area contributed by atoms with E-state index in [9.17, 15) is 14.7 Å². The average Bonchev–Trinajstić information content (AvgIpc) is 2.62. The van der Waals surface area contributed by atoms with Gasteiger partial charge in [0, 0.05) is 17.1 Å². The van der Waals surface area contributed by atoms with Crippen LogP contribution in [-0.2, 0) is 14.3 Å². The van der Waals surface area contributed by atoms with Gasteiger partial charge in [-0.15, -0.1) is 0 Å². The largest absolute Gasteiger partial charge is 0.478 e. The SMILES string of the molecule is C/C=C(/C)C(=O)O[C@@H]1[C@H](O)C[C@]2(C)C(CC/C(C)=C\C(=O)O)C(C)=CCC2C1(C)C. The number of rotatable bonds is 6. The van der Waals surface area contributed by atoms with Crippen molar-refractivity contribution in [2.75, 3.05) is 0 Å². The maximum absolute atomic E-state index is 12.4. The van der Waals surface area contributed by atoms with Crippen LogP contribution in [0.1, 0.15) is 74.1 Å². The molecule has 0 heterocycles. The Labute approximate surface area is 180 Å². The minimum atomic E-state index is -0.914. The number of aliphatic hydroxyl groups excluding tert-OH is 1. The Bertz CT molecular complexity index is 772. The number of carbonyl (C=O) groups excluding carboxylic acids is 1. The quantitative estimate of drug-likeness (QED) is 0.358. The summed E-state index contributed by atoms with van der Waals surface area (Å²) in [5, 5.41) is 20.1. The summed E-state index contributed by atoms with van der Waals surface area (Å²) < 4.78 is 5.82. The molecule has 2 unspecified atom stereocenters. The van der Waals surface area contributed by atoms with Crippen molar-refractivity contribution < 1.29 is 24.5 Å². The number of carbonyl (C=O) groups is 2. The second kappa shape index (κ2) is 9.09. The molecule has 5 nitrogen and oxygen atoms in total. The van der Waals surface area contributed by atoms with Crippen LogP contribution in [0.15, 0.2) is 34.9 Å². The second-order valence-electron chi connectivity index (χ2n) is 10.1. The molecule has 1 saturated carbocycles. The van der Waals surface area contributed by atoms with Gasteiger partial charge in [0.1, 0.15) is 6.10 Å². The third-order valence-corrected chi connectivity index (χ3v) is 7.63. The van der Waals surface area contributed by atoms with Gasteiger partial charge in [-0.05, 0) is 70.6 Å². The first-order valence-electron chi connectivity index (χ1n) is 10.9. The molecular weight excluding hydrogens is 380 g/mol. The molecule has 0 spiro atoms. The summed E-state index contributed by atoms with van der Waals surface area (Å²) in [5.41, 5.74) is 2.16. The van der Waals surface area contributed by atoms with Crippen molar-refractivity contribution in [1.29, 1.82) is 0 Å². The fourth-order valence-electron chi connectivity index (χ4n) is 5.94. The van der Waals surface area contributed by atoms with E-state index in [1.54, 1.807) is 19.9 Å². The van der Waals surface area contributed by atoms with Crippen molar-refractivity contribution >= 4 is 11.9 Å². The number of hydrogen-bond donors (Lipinski definition) is 2. The number of allylic oxidation sites excluding steroid dienone is 4. The number of aliphatic carboxylic acids is 1. The molecule has 2 N–H and O–H groups in total. The Morgan fingerprint density at radius 3 is 2.47 bits per heavy atom. The normalized spacial score (nSPS) is 34.1. The molecule has 0 radical (unpaired) electrons. The zero-order valence-corrected chi connectivity index (χ0v) is 19.5. The van der Waals surface area contributed by atoms with Gasteiger partial charge in [-0.2, -0.15) is 0 Å². The predicted molar refractivity (Wildman–Crippen MR) is 118 cm³/mol. The second-order valence-corrected chi connectivity index (χ2v) is 10.1. The van der Waals surface area contributed by atoms with Crippen molar-refractivity contribution in [1.82, 2.24) is 0 Å². The molecule has 2 aliphatic carbocycles. The van der Waals surface area contributed by atoms with Crippen molar-refractivity contribution in [2.24, 2.45) is 22.7 Å². The minimum Gasteiger partial charge on any atom is -0.478 e. The number of hydrogen-bond acceptors (Lipinski definition) is 4. The molecule has 5 heteroatoms. The highest BCUT2D eigenvalue weighted by molar-refractivity contribution is 5.87. The van der Waals surface area contributed by atoms with E-state index in [1.165, 1.54) is 11.6 Å². The molecule has 30 heavy (non-hydrogen) atoms. The smallest absolute Gasteiger partial charge is 0.333 e. The highest BCUT2D eigenvalue weighted by atomic mass is 16.6. The fourth-order valence-corrected chi connectivity index (χ4v) is 5.94. The zero-order valence-electron chi connectivity index (χ0n) is 19.5. The van der Waals surface area contributed by atoms with E-state index in [0.29, 0.717) is 18.4 Å². The Hall–Kier alpha value is -1.88. The maximum Gasteiger partial charge on any atom is 0.333 e. The summed E-state index contributed by atoms with van der Waals surface area (Å²) in [6, 6.07) is 0. The van der Waals surface area contributed by atoms with Gasteiger partial charge in [0.25, 0.3) is 0 Å². The maximum atomic E-state index is 12.4. The number of esters is 1. The zero-order chi connectivity index (χ0) is 22.9. The highest BCUT2D eigenvalue weighted by Crippen LogP contribution is 2.61. The third kappa shape index (κ3) is 4.72. The first-order chi connectivity index (χ1) is 13.8. The lowest BCUT2D eigenvalue weighted by Crippen LogP contribution is -2.60. The number of carboxylic acids is 1. The van der Waals surface area contributed by atoms with Gasteiger partial charge in [-0.3, -0.25) is 0 Å². The van der Waals surface area contributed by atoms with Gasteiger partial charge < -0.3 is 14.9 Å². The fraction of sp³-hybridized carbons (Fsp3) is 0.680. The van der Waals surface area contributed by atoms with Gasteiger partial charge in [-0.1, -0.05) is 44.1 Å². The van der Waals surface area contributed by atoms with Crippen LogP contribution in [0.25, 0.3) is 0 Å². The highest BCUT2D eigenvalue weighted by Gasteiger charge is 2.59. The summed E-state index contributed by atoms with van der Waals surface area (Å²) in [6.07, 6.45) is 6.99. The summed E-state index contributed by atoms with van der Waals surface area (Å²) in [6.45, 7) is 14.0. The van der Waals surface area contributed by atoms with E-state index in [1.807, 2.05) is 6.92 Å². The van der Waals surface area contributed by atoms with Crippen LogP contribution in [0.3, 0.4) is 0 Å². The molecule has 1 fully saturated rings. The van der Waals surface area contributed by atoms with Gasteiger partial charge >= 0.3 is 11.9 Å².